The van der Waals surface area contributed by atoms with Crippen molar-refractivity contribution in [2.45, 2.75) is 78.6 Å². The molecule has 1 aromatic heterocycles. The maximum absolute atomic E-state index is 2.64. The van der Waals surface area contributed by atoms with Crippen LogP contribution in [-0.2, 0) is 16.2 Å². The van der Waals surface area contributed by atoms with Crippen molar-refractivity contribution in [3.05, 3.63) is 290 Å². The van der Waals surface area contributed by atoms with Gasteiger partial charge in [0, 0.05) is 50.3 Å². The van der Waals surface area contributed by atoms with E-state index in [0.29, 0.717) is 0 Å². The van der Waals surface area contributed by atoms with Gasteiger partial charge in [0.25, 0.3) is 6.71 Å². The zero-order valence-electron chi connectivity index (χ0n) is 52.9. The fraction of sp³-hybridized carbons (Fsp3) is 0.140. The molecule has 16 rings (SSSR count). The van der Waals surface area contributed by atoms with E-state index >= 15 is 0 Å². The van der Waals surface area contributed by atoms with Crippen LogP contribution >= 0.6 is 0 Å². The number of nitrogens with zero attached hydrogens (tertiary/aromatic N) is 3. The molecule has 0 saturated heterocycles. The van der Waals surface area contributed by atoms with Crippen molar-refractivity contribution >= 4 is 101 Å². The first kappa shape index (κ1) is 55.2. The second kappa shape index (κ2) is 20.7. The first-order valence-electron chi connectivity index (χ1n) is 32.0. The first-order chi connectivity index (χ1) is 43.6. The molecule has 0 spiro atoms. The Morgan fingerprint density at radius 1 is 0.267 bits per heavy atom. The summed E-state index contributed by atoms with van der Waals surface area (Å²) in [6, 6.07) is 104. The lowest BCUT2D eigenvalue weighted by Gasteiger charge is -2.46. The Morgan fingerprint density at radius 2 is 0.656 bits per heavy atom. The van der Waals surface area contributed by atoms with Crippen molar-refractivity contribution < 1.29 is 0 Å². The first-order valence-corrected chi connectivity index (χ1v) is 32.0. The molecule has 90 heavy (non-hydrogen) atoms. The molecule has 0 saturated carbocycles. The van der Waals surface area contributed by atoms with Gasteiger partial charge in [0.1, 0.15) is 0 Å². The summed E-state index contributed by atoms with van der Waals surface area (Å²) < 4.78 is 2.54. The van der Waals surface area contributed by atoms with Crippen LogP contribution in [0.25, 0.3) is 93.5 Å². The molecule has 0 atom stereocenters. The Balaban J connectivity index is 1.03. The van der Waals surface area contributed by atoms with Gasteiger partial charge in [-0.25, -0.2) is 0 Å². The number of fused-ring (bicyclic) bond motifs is 9. The third kappa shape index (κ3) is 8.85. The fourth-order valence-electron chi connectivity index (χ4n) is 14.9. The van der Waals surface area contributed by atoms with Crippen molar-refractivity contribution in [2.24, 2.45) is 0 Å². The molecule has 2 aliphatic heterocycles. The van der Waals surface area contributed by atoms with Gasteiger partial charge in [-0.15, -0.1) is 0 Å². The number of benzene rings is 13. The van der Waals surface area contributed by atoms with Crippen LogP contribution in [0.1, 0.15) is 79.0 Å². The van der Waals surface area contributed by atoms with Crippen LogP contribution in [-0.4, -0.2) is 11.3 Å². The van der Waals surface area contributed by atoms with Gasteiger partial charge in [-0.1, -0.05) is 269 Å². The largest absolute Gasteiger partial charge is 0.311 e. The molecule has 0 radical (unpaired) electrons. The van der Waals surface area contributed by atoms with Crippen molar-refractivity contribution in [3.8, 4) is 50.2 Å². The van der Waals surface area contributed by atoms with Crippen LogP contribution in [0, 0.1) is 0 Å². The Hall–Kier alpha value is -10.2. The zero-order chi connectivity index (χ0) is 61.4. The Labute approximate surface area is 530 Å². The molecule has 14 aromatic rings. The molecule has 4 heteroatoms. The third-order valence-corrected chi connectivity index (χ3v) is 19.4. The van der Waals surface area contributed by atoms with E-state index < -0.39 is 0 Å². The molecule has 3 nitrogen and oxygen atoms in total. The smallest absolute Gasteiger partial charge is 0.252 e. The van der Waals surface area contributed by atoms with E-state index in [1.165, 1.54) is 144 Å². The van der Waals surface area contributed by atoms with Gasteiger partial charge in [-0.05, 0) is 171 Å². The monoisotopic (exact) mass is 1160 g/mol. The molecular formula is C86H72BN3. The highest BCUT2D eigenvalue weighted by molar-refractivity contribution is 7.00. The van der Waals surface area contributed by atoms with E-state index in [9.17, 15) is 0 Å². The Morgan fingerprint density at radius 3 is 1.11 bits per heavy atom. The predicted molar refractivity (Wildman–Crippen MR) is 388 cm³/mol. The second-order valence-corrected chi connectivity index (χ2v) is 28.1. The van der Waals surface area contributed by atoms with E-state index in [2.05, 4.69) is 350 Å². The number of hydrogen-bond donors (Lipinski definition) is 0. The normalized spacial score (nSPS) is 13.1. The number of anilines is 6. The second-order valence-electron chi connectivity index (χ2n) is 28.1. The van der Waals surface area contributed by atoms with Crippen LogP contribution in [0.15, 0.2) is 273 Å². The minimum absolute atomic E-state index is 0.0221. The van der Waals surface area contributed by atoms with Gasteiger partial charge in [0.15, 0.2) is 0 Å². The summed E-state index contributed by atoms with van der Waals surface area (Å²) in [5.74, 6) is 0. The lowest BCUT2D eigenvalue weighted by atomic mass is 9.33. The van der Waals surface area contributed by atoms with Gasteiger partial charge in [0.2, 0.25) is 0 Å². The molecule has 0 aliphatic carbocycles. The van der Waals surface area contributed by atoms with E-state index in [-0.39, 0.29) is 23.0 Å². The summed E-state index contributed by atoms with van der Waals surface area (Å²) in [6.45, 7) is 20.9. The van der Waals surface area contributed by atoms with Crippen molar-refractivity contribution in [2.75, 3.05) is 9.80 Å². The fourth-order valence-corrected chi connectivity index (χ4v) is 14.9. The van der Waals surface area contributed by atoms with Crippen LogP contribution in [0.2, 0.25) is 0 Å². The van der Waals surface area contributed by atoms with Crippen molar-refractivity contribution in [3.63, 3.8) is 0 Å². The summed E-state index contributed by atoms with van der Waals surface area (Å²) in [6.07, 6.45) is 0. The minimum Gasteiger partial charge on any atom is -0.311 e. The van der Waals surface area contributed by atoms with Crippen molar-refractivity contribution in [1.82, 2.24) is 4.57 Å². The van der Waals surface area contributed by atoms with Crippen molar-refractivity contribution in [1.29, 1.82) is 0 Å². The topological polar surface area (TPSA) is 11.4 Å². The highest BCUT2D eigenvalue weighted by Crippen LogP contribution is 2.52. The van der Waals surface area contributed by atoms with E-state index in [4.69, 9.17) is 0 Å². The summed E-state index contributed by atoms with van der Waals surface area (Å²) in [4.78, 5) is 5.28. The van der Waals surface area contributed by atoms with Gasteiger partial charge < -0.3 is 14.4 Å². The summed E-state index contributed by atoms with van der Waals surface area (Å²) >= 11 is 0. The molecule has 0 fully saturated rings. The van der Waals surface area contributed by atoms with Gasteiger partial charge in [0.05, 0.1) is 22.4 Å². The summed E-state index contributed by atoms with van der Waals surface area (Å²) in [5, 5.41) is 7.51. The highest BCUT2D eigenvalue weighted by Gasteiger charge is 2.45. The van der Waals surface area contributed by atoms with Gasteiger partial charge in [-0.3, -0.25) is 0 Å². The number of rotatable bonds is 7. The molecule has 0 N–H and O–H groups in total. The average Bonchev–Trinajstić information content (AvgIpc) is 0.775. The maximum Gasteiger partial charge on any atom is 0.252 e. The molecule has 3 heterocycles. The van der Waals surface area contributed by atoms with Crippen LogP contribution in [0.4, 0.5) is 34.1 Å². The number of aromatic nitrogens is 1. The summed E-state index contributed by atoms with van der Waals surface area (Å²) in [5.41, 5.74) is 27.6. The van der Waals surface area contributed by atoms with E-state index in [1.807, 2.05) is 0 Å². The molecule has 0 amide bonds. The maximum atomic E-state index is 2.64. The van der Waals surface area contributed by atoms with Crippen LogP contribution < -0.4 is 26.2 Å². The predicted octanol–water partition coefficient (Wildman–Crippen LogP) is 21.7. The molecule has 0 bridgehead atoms. The van der Waals surface area contributed by atoms with Crippen LogP contribution in [0.5, 0.6) is 0 Å². The zero-order valence-corrected chi connectivity index (χ0v) is 52.9. The van der Waals surface area contributed by atoms with Gasteiger partial charge in [-0.2, -0.15) is 0 Å². The quantitative estimate of drug-likeness (QED) is 0.116. The van der Waals surface area contributed by atoms with E-state index in [0.717, 1.165) is 17.1 Å². The standard InChI is InChI=1S/C86H72BN3/c1-84(2,3)59-42-47-75-69(50-59)70-51-60(85(4,5)6)43-48-76(70)88(75)62-44-46-72-78(54-62)90(74-40-26-24-34-64(74)56-29-15-11-16-30-56)80-53-61(86(7,8)9)52-79-83(80)87(72)71-45-41-58(49-77(71)89(79)73-39-25-23-33-63(73)55-27-13-10-14-28-55)82-67-37-21-19-35-65(67)81(57-31-17-12-18-32-57)66-36-20-22-38-68(66)82/h10-54H,1-9H3. The minimum atomic E-state index is -0.236. The summed E-state index contributed by atoms with van der Waals surface area (Å²) in [7, 11) is 0. The number of hydrogen-bond acceptors (Lipinski definition) is 2. The van der Waals surface area contributed by atoms with Gasteiger partial charge >= 0.3 is 0 Å². The third-order valence-electron chi connectivity index (χ3n) is 19.4. The molecule has 0 unspecified atom stereocenters. The highest BCUT2D eigenvalue weighted by atomic mass is 15.2. The lowest BCUT2D eigenvalue weighted by Crippen LogP contribution is -2.61. The Bertz CT molecular complexity index is 5060. The molecule has 2 aliphatic rings. The van der Waals surface area contributed by atoms with Crippen LogP contribution in [0.3, 0.4) is 0 Å². The van der Waals surface area contributed by atoms with E-state index in [1.54, 1.807) is 0 Å². The Kier molecular flexibility index (Phi) is 12.7. The molecular weight excluding hydrogens is 1090 g/mol. The average molecular weight is 1160 g/mol. The number of para-hydroxylation sites is 2. The molecule has 13 aromatic carbocycles. The molecule has 434 valence electrons. The lowest BCUT2D eigenvalue weighted by molar-refractivity contribution is 0.590. The SMILES string of the molecule is CC(C)(C)c1cc2c3c(c1)N(c1ccccc1-c1ccccc1)c1cc(-n4c5ccc(C(C)(C)C)cc5c5cc(C(C)(C)C)ccc54)ccc1B3c1ccc(-c3c4ccccc4c(-c4ccccc4)c4ccccc34)cc1N2c1ccccc1-c1ccccc1.